The summed E-state index contributed by atoms with van der Waals surface area (Å²) >= 11 is 0. The largest absolute Gasteiger partial charge is 0.481 e. The molecule has 1 amide bonds. The first-order valence-electron chi connectivity index (χ1n) is 11.4. The lowest BCUT2D eigenvalue weighted by Gasteiger charge is -2.41. The molecule has 2 aromatic carbocycles. The van der Waals surface area contributed by atoms with Crippen LogP contribution in [0.25, 0.3) is 21.6 Å². The molecule has 170 valence electrons. The van der Waals surface area contributed by atoms with Crippen LogP contribution in [0.1, 0.15) is 42.7 Å². The average Bonchev–Trinajstić information content (AvgIpc) is 3.36. The van der Waals surface area contributed by atoms with Crippen molar-refractivity contribution in [2.24, 2.45) is 16.4 Å². The number of carbonyl (C=O) groups is 2. The lowest BCUT2D eigenvalue weighted by Crippen LogP contribution is -2.46. The lowest BCUT2D eigenvalue weighted by atomic mass is 9.64. The SMILES string of the molecule is [N-]=[N+]=N[C@H]1CCCCC12CN(C(=O)OCC1c3ccccc3-c3ccccc31)C[C@H]2C(=O)O. The Bertz CT molecular complexity index is 1100. The van der Waals surface area contributed by atoms with Gasteiger partial charge in [0.1, 0.15) is 6.61 Å². The first kappa shape index (κ1) is 21.3. The number of hydrogen-bond donors (Lipinski definition) is 1. The van der Waals surface area contributed by atoms with Crippen LogP contribution in [0.2, 0.25) is 0 Å². The first-order chi connectivity index (χ1) is 16.0. The highest BCUT2D eigenvalue weighted by Gasteiger charge is 2.56. The van der Waals surface area contributed by atoms with Crippen LogP contribution in [0.4, 0.5) is 4.79 Å². The molecule has 0 radical (unpaired) electrons. The van der Waals surface area contributed by atoms with Gasteiger partial charge in [0.25, 0.3) is 0 Å². The molecule has 2 fully saturated rings. The van der Waals surface area contributed by atoms with Gasteiger partial charge in [-0.25, -0.2) is 4.79 Å². The van der Waals surface area contributed by atoms with Gasteiger partial charge in [-0.2, -0.15) is 0 Å². The molecule has 1 unspecified atom stereocenters. The van der Waals surface area contributed by atoms with Crippen LogP contribution in [-0.2, 0) is 9.53 Å². The number of amides is 1. The van der Waals surface area contributed by atoms with Crippen molar-refractivity contribution in [3.05, 3.63) is 70.1 Å². The third kappa shape index (κ3) is 3.51. The van der Waals surface area contributed by atoms with E-state index in [2.05, 4.69) is 34.3 Å². The number of ether oxygens (including phenoxy) is 1. The van der Waals surface area contributed by atoms with E-state index in [0.717, 1.165) is 35.1 Å². The van der Waals surface area contributed by atoms with Crippen LogP contribution < -0.4 is 0 Å². The molecular weight excluding hydrogens is 420 g/mol. The third-order valence-corrected chi connectivity index (χ3v) is 7.70. The minimum absolute atomic E-state index is 0.0567. The number of carboxylic acids is 1. The minimum atomic E-state index is -0.955. The van der Waals surface area contributed by atoms with E-state index in [4.69, 9.17) is 10.3 Å². The number of likely N-dealkylation sites (tertiary alicyclic amines) is 1. The van der Waals surface area contributed by atoms with E-state index in [1.165, 1.54) is 4.90 Å². The Kier molecular flexibility index (Phi) is 5.46. The van der Waals surface area contributed by atoms with E-state index in [1.54, 1.807) is 0 Å². The summed E-state index contributed by atoms with van der Waals surface area (Å²) in [6.45, 7) is 0.502. The highest BCUT2D eigenvalue weighted by Crippen LogP contribution is 2.50. The molecule has 33 heavy (non-hydrogen) atoms. The van der Waals surface area contributed by atoms with Gasteiger partial charge in [-0.05, 0) is 40.6 Å². The molecule has 2 aliphatic carbocycles. The van der Waals surface area contributed by atoms with Gasteiger partial charge >= 0.3 is 12.1 Å². The highest BCUT2D eigenvalue weighted by molar-refractivity contribution is 5.79. The van der Waals surface area contributed by atoms with Crippen molar-refractivity contribution in [3.63, 3.8) is 0 Å². The molecule has 8 nitrogen and oxygen atoms in total. The minimum Gasteiger partial charge on any atom is -0.481 e. The number of azide groups is 1. The van der Waals surface area contributed by atoms with Crippen LogP contribution in [-0.4, -0.2) is 47.8 Å². The highest BCUT2D eigenvalue weighted by atomic mass is 16.6. The summed E-state index contributed by atoms with van der Waals surface area (Å²) in [6, 6.07) is 15.8. The van der Waals surface area contributed by atoms with Crippen molar-refractivity contribution in [1.29, 1.82) is 0 Å². The fourth-order valence-electron chi connectivity index (χ4n) is 6.15. The van der Waals surface area contributed by atoms with E-state index in [9.17, 15) is 14.7 Å². The number of benzene rings is 2. The van der Waals surface area contributed by atoms with Gasteiger partial charge in [0, 0.05) is 35.4 Å². The lowest BCUT2D eigenvalue weighted by molar-refractivity contribution is -0.146. The van der Waals surface area contributed by atoms with E-state index in [-0.39, 0.29) is 25.6 Å². The smallest absolute Gasteiger partial charge is 0.409 e. The molecule has 2 aromatic rings. The van der Waals surface area contributed by atoms with Gasteiger partial charge in [0.2, 0.25) is 0 Å². The summed E-state index contributed by atoms with van der Waals surface area (Å²) < 4.78 is 5.77. The van der Waals surface area contributed by atoms with Crippen LogP contribution in [0, 0.1) is 11.3 Å². The quantitative estimate of drug-likeness (QED) is 0.395. The molecule has 5 rings (SSSR count). The number of carboxylic acid groups (broad SMARTS) is 1. The predicted molar refractivity (Wildman–Crippen MR) is 122 cm³/mol. The van der Waals surface area contributed by atoms with Crippen LogP contribution in [0.15, 0.2) is 53.6 Å². The van der Waals surface area contributed by atoms with Gasteiger partial charge in [-0.3, -0.25) is 4.79 Å². The van der Waals surface area contributed by atoms with E-state index in [0.29, 0.717) is 12.8 Å². The molecule has 1 spiro atoms. The van der Waals surface area contributed by atoms with Crippen molar-refractivity contribution in [1.82, 2.24) is 4.90 Å². The number of hydrogen-bond acceptors (Lipinski definition) is 4. The Morgan fingerprint density at radius 1 is 1.12 bits per heavy atom. The Labute approximate surface area is 191 Å². The summed E-state index contributed by atoms with van der Waals surface area (Å²) in [6.07, 6.45) is 2.51. The molecule has 8 heteroatoms. The van der Waals surface area contributed by atoms with Gasteiger partial charge in [-0.1, -0.05) is 66.5 Å². The molecule has 1 saturated carbocycles. The second-order valence-electron chi connectivity index (χ2n) is 9.28. The maximum absolute atomic E-state index is 13.1. The number of nitrogens with zero attached hydrogens (tertiary/aromatic N) is 4. The van der Waals surface area contributed by atoms with Crippen molar-refractivity contribution >= 4 is 12.1 Å². The summed E-state index contributed by atoms with van der Waals surface area (Å²) in [5.74, 6) is -1.78. The van der Waals surface area contributed by atoms with Crippen molar-refractivity contribution in [3.8, 4) is 11.1 Å². The number of fused-ring (bicyclic) bond motifs is 3. The molecule has 3 atom stereocenters. The van der Waals surface area contributed by atoms with Crippen molar-refractivity contribution < 1.29 is 19.4 Å². The topological polar surface area (TPSA) is 116 Å². The zero-order valence-corrected chi connectivity index (χ0v) is 18.3. The van der Waals surface area contributed by atoms with E-state index >= 15 is 0 Å². The third-order valence-electron chi connectivity index (χ3n) is 7.70. The number of aliphatic carboxylic acids is 1. The fourth-order valence-corrected chi connectivity index (χ4v) is 6.15. The van der Waals surface area contributed by atoms with E-state index in [1.807, 2.05) is 24.3 Å². The maximum Gasteiger partial charge on any atom is 0.409 e. The second-order valence-corrected chi connectivity index (χ2v) is 9.28. The predicted octanol–water partition coefficient (Wildman–Crippen LogP) is 5.19. The summed E-state index contributed by atoms with van der Waals surface area (Å²) in [5, 5.41) is 13.9. The summed E-state index contributed by atoms with van der Waals surface area (Å²) in [5.41, 5.74) is 12.9. The zero-order chi connectivity index (χ0) is 23.0. The van der Waals surface area contributed by atoms with Gasteiger partial charge < -0.3 is 14.7 Å². The Hall–Kier alpha value is -3.51. The maximum atomic E-state index is 13.1. The van der Waals surface area contributed by atoms with Crippen LogP contribution >= 0.6 is 0 Å². The van der Waals surface area contributed by atoms with Gasteiger partial charge in [0.05, 0.1) is 5.92 Å². The molecule has 1 heterocycles. The molecule has 0 bridgehead atoms. The fraction of sp³-hybridized carbons (Fsp3) is 0.440. The Morgan fingerprint density at radius 2 is 1.79 bits per heavy atom. The van der Waals surface area contributed by atoms with Gasteiger partial charge in [-0.15, -0.1) is 0 Å². The Morgan fingerprint density at radius 3 is 2.42 bits per heavy atom. The zero-order valence-electron chi connectivity index (χ0n) is 18.3. The summed E-state index contributed by atoms with van der Waals surface area (Å²) in [4.78, 5) is 29.7. The average molecular weight is 447 g/mol. The number of carbonyl (C=O) groups excluding carboxylic acids is 1. The van der Waals surface area contributed by atoms with Gasteiger partial charge in [0.15, 0.2) is 0 Å². The molecule has 1 N–H and O–H groups in total. The monoisotopic (exact) mass is 446 g/mol. The number of rotatable bonds is 4. The molecular formula is C25H26N4O4. The second kappa shape index (κ2) is 8.45. The molecule has 0 aromatic heterocycles. The van der Waals surface area contributed by atoms with Crippen molar-refractivity contribution in [2.45, 2.75) is 37.6 Å². The molecule has 1 aliphatic heterocycles. The molecule has 1 saturated heterocycles. The Balaban J connectivity index is 1.35. The first-order valence-corrected chi connectivity index (χ1v) is 11.4. The molecule has 3 aliphatic rings. The normalized spacial score (nSPS) is 25.9. The van der Waals surface area contributed by atoms with Crippen molar-refractivity contribution in [2.75, 3.05) is 19.7 Å². The van der Waals surface area contributed by atoms with E-state index < -0.39 is 29.4 Å². The standard InChI is InChI=1S/C25H26N4O4/c26-28-27-22-11-5-6-12-25(22)15-29(13-21(25)23(30)31)24(32)33-14-20-18-9-3-1-7-16(18)17-8-2-4-10-19(17)20/h1-4,7-10,20-22H,5-6,11-15H2,(H,30,31)/t21-,22-,25?/m0/s1. The summed E-state index contributed by atoms with van der Waals surface area (Å²) in [7, 11) is 0. The van der Waals surface area contributed by atoms with Crippen LogP contribution in [0.5, 0.6) is 0 Å². The van der Waals surface area contributed by atoms with Crippen LogP contribution in [0.3, 0.4) is 0 Å².